The van der Waals surface area contributed by atoms with Gasteiger partial charge in [0.1, 0.15) is 0 Å². The van der Waals surface area contributed by atoms with E-state index in [1.165, 1.54) is 0 Å². The first kappa shape index (κ1) is 15.2. The molecule has 4 N–H and O–H groups in total. The van der Waals surface area contributed by atoms with E-state index in [-0.39, 0.29) is 12.5 Å². The van der Waals surface area contributed by atoms with Crippen LogP contribution in [0.5, 0.6) is 0 Å². The molecule has 1 aliphatic rings. The molecule has 1 saturated carbocycles. The lowest BCUT2D eigenvalue weighted by atomic mass is 10.1. The number of rotatable bonds is 4. The van der Waals surface area contributed by atoms with Crippen LogP contribution in [0.3, 0.4) is 0 Å². The fourth-order valence-electron chi connectivity index (χ4n) is 3.15. The normalized spacial score (nSPS) is 27.6. The monoisotopic (exact) mass is 316 g/mol. The van der Waals surface area contributed by atoms with Gasteiger partial charge in [0.05, 0.1) is 15.7 Å². The highest BCUT2D eigenvalue weighted by molar-refractivity contribution is 7.92. The van der Waals surface area contributed by atoms with Crippen molar-refractivity contribution in [3.8, 4) is 0 Å². The Bertz CT molecular complexity index is 772. The molecule has 3 atom stereocenters. The van der Waals surface area contributed by atoms with Gasteiger partial charge in [-0.1, -0.05) is 48.0 Å². The first-order valence-corrected chi connectivity index (χ1v) is 8.80. The Balaban J connectivity index is 2.02. The molecule has 0 unspecified atom stereocenters. The zero-order valence-corrected chi connectivity index (χ0v) is 13.3. The van der Waals surface area contributed by atoms with E-state index >= 15 is 0 Å². The average Bonchev–Trinajstić information content (AvgIpc) is 3.17. The summed E-state index contributed by atoms with van der Waals surface area (Å²) in [4.78, 5) is 0.304. The minimum absolute atomic E-state index is 0.141. The van der Waals surface area contributed by atoms with Crippen LogP contribution in [0.4, 0.5) is 0 Å². The number of benzene rings is 2. The Morgan fingerprint density at radius 2 is 1.64 bits per heavy atom. The summed E-state index contributed by atoms with van der Waals surface area (Å²) in [5, 5.41) is -0.671. The lowest BCUT2D eigenvalue weighted by molar-refractivity contribution is 0.586. The van der Waals surface area contributed by atoms with Crippen LogP contribution in [0.25, 0.3) is 0 Å². The number of nitrogens with two attached hydrogens (primary N) is 2. The molecule has 0 aliphatic heterocycles. The van der Waals surface area contributed by atoms with Gasteiger partial charge < -0.3 is 11.5 Å². The Kier molecular flexibility index (Phi) is 3.59. The summed E-state index contributed by atoms with van der Waals surface area (Å²) in [6, 6.07) is 16.3. The van der Waals surface area contributed by atoms with Gasteiger partial charge in [-0.15, -0.1) is 0 Å². The van der Waals surface area contributed by atoms with E-state index in [1.54, 1.807) is 30.3 Å². The van der Waals surface area contributed by atoms with Crippen molar-refractivity contribution < 1.29 is 8.42 Å². The predicted octanol–water partition coefficient (Wildman–Crippen LogP) is 1.59. The van der Waals surface area contributed by atoms with Gasteiger partial charge in [0.25, 0.3) is 0 Å². The molecule has 2 aromatic rings. The van der Waals surface area contributed by atoms with Crippen molar-refractivity contribution in [1.29, 1.82) is 0 Å². The van der Waals surface area contributed by atoms with Gasteiger partial charge in [0.2, 0.25) is 0 Å². The quantitative estimate of drug-likeness (QED) is 0.897. The lowest BCUT2D eigenvalue weighted by Gasteiger charge is -2.09. The average molecular weight is 316 g/mol. The minimum atomic E-state index is -3.50. The molecule has 0 amide bonds. The maximum absolute atomic E-state index is 12.9. The second-order valence-corrected chi connectivity index (χ2v) is 8.05. The minimum Gasteiger partial charge on any atom is -0.329 e. The zero-order valence-electron chi connectivity index (χ0n) is 12.4. The van der Waals surface area contributed by atoms with Crippen LogP contribution in [0.15, 0.2) is 59.5 Å². The topological polar surface area (TPSA) is 86.2 Å². The van der Waals surface area contributed by atoms with Gasteiger partial charge in [-0.2, -0.15) is 0 Å². The third kappa shape index (κ3) is 2.26. The van der Waals surface area contributed by atoms with E-state index in [0.717, 1.165) is 11.1 Å². The maximum Gasteiger partial charge on any atom is 0.183 e. The molecule has 1 fully saturated rings. The van der Waals surface area contributed by atoms with Gasteiger partial charge >= 0.3 is 0 Å². The summed E-state index contributed by atoms with van der Waals surface area (Å²) in [6.45, 7) is 2.13. The predicted molar refractivity (Wildman–Crippen MR) is 87.3 cm³/mol. The number of aryl methyl sites for hydroxylation is 1. The molecule has 22 heavy (non-hydrogen) atoms. The van der Waals surface area contributed by atoms with Gasteiger partial charge in [-0.25, -0.2) is 8.42 Å². The Morgan fingerprint density at radius 1 is 1.05 bits per heavy atom. The number of hydrogen-bond donors (Lipinski definition) is 2. The second-order valence-electron chi connectivity index (χ2n) is 5.98. The van der Waals surface area contributed by atoms with Crippen LogP contribution in [0.2, 0.25) is 0 Å². The molecule has 0 radical (unpaired) electrons. The Labute approximate surface area is 131 Å². The second kappa shape index (κ2) is 5.19. The molecule has 0 saturated heterocycles. The molecular formula is C17H20N2O2S. The largest absolute Gasteiger partial charge is 0.329 e. The molecule has 0 spiro atoms. The molecular weight excluding hydrogens is 296 g/mol. The van der Waals surface area contributed by atoms with Gasteiger partial charge in [-0.3, -0.25) is 0 Å². The van der Waals surface area contributed by atoms with Crippen molar-refractivity contribution >= 4 is 9.84 Å². The molecule has 5 heteroatoms. The molecule has 0 bridgehead atoms. The van der Waals surface area contributed by atoms with E-state index in [2.05, 4.69) is 0 Å². The number of sulfone groups is 1. The summed E-state index contributed by atoms with van der Waals surface area (Å²) in [7, 11) is -3.50. The van der Waals surface area contributed by atoms with Crippen molar-refractivity contribution in [2.24, 2.45) is 11.5 Å². The van der Waals surface area contributed by atoms with Crippen molar-refractivity contribution in [3.05, 3.63) is 65.7 Å². The lowest BCUT2D eigenvalue weighted by Crippen LogP contribution is -2.39. The molecule has 0 heterocycles. The first-order valence-electron chi connectivity index (χ1n) is 7.26. The summed E-state index contributed by atoms with van der Waals surface area (Å²) >= 11 is 0. The highest BCUT2D eigenvalue weighted by Crippen LogP contribution is 2.55. The fraction of sp³-hybridized carbons (Fsp3) is 0.294. The molecule has 3 rings (SSSR count). The van der Waals surface area contributed by atoms with E-state index in [9.17, 15) is 8.42 Å². The van der Waals surface area contributed by atoms with Crippen molar-refractivity contribution in [1.82, 2.24) is 0 Å². The van der Waals surface area contributed by atoms with Crippen LogP contribution in [-0.4, -0.2) is 25.8 Å². The molecule has 4 nitrogen and oxygen atoms in total. The highest BCUT2D eigenvalue weighted by Gasteiger charge is 2.68. The van der Waals surface area contributed by atoms with E-state index in [4.69, 9.17) is 11.5 Å². The van der Waals surface area contributed by atoms with Gasteiger partial charge in [-0.05, 0) is 24.6 Å². The summed E-state index contributed by atoms with van der Waals surface area (Å²) < 4.78 is 25.8. The van der Waals surface area contributed by atoms with E-state index in [1.807, 2.05) is 31.2 Å². The fourth-order valence-corrected chi connectivity index (χ4v) is 5.49. The molecule has 0 aromatic heterocycles. The van der Waals surface area contributed by atoms with Crippen LogP contribution in [-0.2, 0) is 9.84 Å². The number of hydrogen-bond acceptors (Lipinski definition) is 4. The van der Waals surface area contributed by atoms with Crippen LogP contribution in [0, 0.1) is 6.92 Å². The summed E-state index contributed by atoms with van der Waals surface area (Å²) in [5.41, 5.74) is 13.3. The van der Waals surface area contributed by atoms with Crippen molar-refractivity contribution in [2.75, 3.05) is 6.54 Å². The maximum atomic E-state index is 12.9. The van der Waals surface area contributed by atoms with Crippen LogP contribution < -0.4 is 11.5 Å². The molecule has 1 aliphatic carbocycles. The van der Waals surface area contributed by atoms with Crippen LogP contribution >= 0.6 is 0 Å². The molecule has 2 aromatic carbocycles. The van der Waals surface area contributed by atoms with Crippen molar-refractivity contribution in [3.63, 3.8) is 0 Å². The van der Waals surface area contributed by atoms with Gasteiger partial charge in [0, 0.05) is 12.5 Å². The summed E-state index contributed by atoms with van der Waals surface area (Å²) in [5.74, 6) is -0.261. The third-order valence-electron chi connectivity index (χ3n) is 4.50. The standard InChI is InChI=1S/C17H20N2O2S/c1-12-7-9-13(10-8-12)15-16(17(15,19)11-18)22(20,21)14-5-3-2-4-6-14/h2-10,15-16H,11,18-19H2,1H3/t15-,16-,17-/m1/s1. The third-order valence-corrected chi connectivity index (χ3v) is 6.81. The summed E-state index contributed by atoms with van der Waals surface area (Å²) in [6.07, 6.45) is 0. The van der Waals surface area contributed by atoms with Crippen molar-refractivity contribution in [2.45, 2.75) is 28.5 Å². The van der Waals surface area contributed by atoms with E-state index < -0.39 is 20.6 Å². The highest BCUT2D eigenvalue weighted by atomic mass is 32.2. The zero-order chi connectivity index (χ0) is 16.0. The first-order chi connectivity index (χ1) is 10.4. The molecule has 116 valence electrons. The smallest absolute Gasteiger partial charge is 0.183 e. The SMILES string of the molecule is Cc1ccc([C@@H]2[C@@H](S(=O)(=O)c3ccccc3)[C@@]2(N)CN)cc1. The Morgan fingerprint density at radius 3 is 2.18 bits per heavy atom. The van der Waals surface area contributed by atoms with Gasteiger partial charge in [0.15, 0.2) is 9.84 Å². The van der Waals surface area contributed by atoms with E-state index in [0.29, 0.717) is 4.90 Å². The Hall–Kier alpha value is -1.69. The van der Waals surface area contributed by atoms with Crippen LogP contribution in [0.1, 0.15) is 17.0 Å².